The first-order valence-corrected chi connectivity index (χ1v) is 19.4. The van der Waals surface area contributed by atoms with Gasteiger partial charge in [-0.05, 0) is 64.6 Å². The van der Waals surface area contributed by atoms with Gasteiger partial charge in [-0.1, -0.05) is 59.3 Å². The van der Waals surface area contributed by atoms with Crippen molar-refractivity contribution in [3.05, 3.63) is 52.8 Å². The molecule has 14 nitrogen and oxygen atoms in total. The zero-order valence-corrected chi connectivity index (χ0v) is 32.3. The first kappa shape index (κ1) is 40.1. The number of hydrogen-bond donors (Lipinski definition) is 3. The van der Waals surface area contributed by atoms with Gasteiger partial charge < -0.3 is 20.9 Å². The van der Waals surface area contributed by atoms with Gasteiger partial charge in [-0.15, -0.1) is 0 Å². The minimum atomic E-state index is -0.985. The minimum absolute atomic E-state index is 0.00939. The molecule has 3 aliphatic rings. The van der Waals surface area contributed by atoms with Crippen molar-refractivity contribution in [1.82, 2.24) is 40.7 Å². The second kappa shape index (κ2) is 18.3. The maximum absolute atomic E-state index is 14.5. The minimum Gasteiger partial charge on any atom is -0.344 e. The molecule has 15 heteroatoms. The van der Waals surface area contributed by atoms with Gasteiger partial charge in [0.1, 0.15) is 23.8 Å². The van der Waals surface area contributed by atoms with Crippen LogP contribution in [0.2, 0.25) is 0 Å². The molecule has 2 saturated carbocycles. The zero-order valence-electron chi connectivity index (χ0n) is 30.8. The summed E-state index contributed by atoms with van der Waals surface area (Å²) in [5, 5.41) is 8.74. The van der Waals surface area contributed by atoms with E-state index >= 15 is 0 Å². The number of aromatic nitrogens is 3. The second-order valence-corrected chi connectivity index (χ2v) is 16.5. The van der Waals surface area contributed by atoms with E-state index < -0.39 is 53.1 Å². The van der Waals surface area contributed by atoms with Gasteiger partial charge in [0, 0.05) is 49.2 Å². The molecular weight excluding hydrogens is 744 g/mol. The number of ketones is 1. The molecule has 2 aromatic heterocycles. The molecule has 0 bridgehead atoms. The van der Waals surface area contributed by atoms with Crippen LogP contribution < -0.4 is 16.0 Å². The summed E-state index contributed by atoms with van der Waals surface area (Å²) in [6, 6.07) is 0.0309. The summed E-state index contributed by atoms with van der Waals surface area (Å²) in [6.45, 7) is 6.48. The van der Waals surface area contributed by atoms with Crippen molar-refractivity contribution >= 4 is 51.6 Å². The third-order valence-corrected chi connectivity index (χ3v) is 11.2. The van der Waals surface area contributed by atoms with Crippen molar-refractivity contribution in [2.75, 3.05) is 19.6 Å². The summed E-state index contributed by atoms with van der Waals surface area (Å²) in [5.41, 5.74) is 0.0759. The van der Waals surface area contributed by atoms with E-state index in [4.69, 9.17) is 0 Å². The van der Waals surface area contributed by atoms with E-state index in [-0.39, 0.29) is 42.8 Å². The first-order valence-electron chi connectivity index (χ1n) is 18.6. The number of carbonyl (C=O) groups is 6. The van der Waals surface area contributed by atoms with Crippen LogP contribution in [0.1, 0.15) is 94.7 Å². The van der Waals surface area contributed by atoms with Gasteiger partial charge in [0.05, 0.1) is 17.9 Å². The lowest BCUT2D eigenvalue weighted by Gasteiger charge is -2.43. The van der Waals surface area contributed by atoms with Crippen LogP contribution in [0.15, 0.2) is 41.4 Å². The summed E-state index contributed by atoms with van der Waals surface area (Å²) in [4.78, 5) is 96.2. The standard InChI is InChI=1S/C38H51BrN8O6/c1-38(2,3)33(45-36(52)32(25-10-5-4-6-11-25)44-34(50)29-20-40-14-15-41-29)37(53)47-17-16-46(21-27-13-12-26(39)19-42-27)30(22-47)35(51)43-28(31(49)23-48)18-24-8-7-9-24/h12-15,19-20,23-25,28,30,32-33H,4-11,16-18,21-22H2,1-3H3,(H,43,51)(H,44,50)(H,45,52)/t28?,30-,32+,33-/m1/s1. The molecule has 3 N–H and O–H groups in total. The molecule has 1 saturated heterocycles. The van der Waals surface area contributed by atoms with Crippen LogP contribution >= 0.6 is 15.9 Å². The highest BCUT2D eigenvalue weighted by atomic mass is 79.9. The van der Waals surface area contributed by atoms with Crippen molar-refractivity contribution in [1.29, 1.82) is 0 Å². The molecule has 0 aromatic carbocycles. The summed E-state index contributed by atoms with van der Waals surface area (Å²) >= 11 is 3.41. The molecule has 4 atom stereocenters. The molecule has 3 fully saturated rings. The number of piperazine rings is 1. The highest BCUT2D eigenvalue weighted by Gasteiger charge is 2.43. The number of carbonyl (C=O) groups excluding carboxylic acids is 6. The Bertz CT molecular complexity index is 1610. The van der Waals surface area contributed by atoms with Gasteiger partial charge in [0.15, 0.2) is 6.29 Å². The number of amides is 4. The van der Waals surface area contributed by atoms with E-state index in [9.17, 15) is 28.8 Å². The van der Waals surface area contributed by atoms with Gasteiger partial charge in [-0.3, -0.25) is 43.6 Å². The average Bonchev–Trinajstić information content (AvgIpc) is 3.14. The van der Waals surface area contributed by atoms with Gasteiger partial charge in [0.25, 0.3) is 5.91 Å². The van der Waals surface area contributed by atoms with E-state index in [1.165, 1.54) is 18.6 Å². The maximum atomic E-state index is 14.5. The van der Waals surface area contributed by atoms with Crippen LogP contribution in [0.3, 0.4) is 0 Å². The molecule has 0 radical (unpaired) electrons. The first-order chi connectivity index (χ1) is 25.3. The fraction of sp³-hybridized carbons (Fsp3) is 0.605. The van der Waals surface area contributed by atoms with Crippen molar-refractivity contribution in [2.45, 2.75) is 109 Å². The van der Waals surface area contributed by atoms with Crippen LogP contribution in [0.5, 0.6) is 0 Å². The largest absolute Gasteiger partial charge is 0.344 e. The molecular formula is C38H51BrN8O6. The third-order valence-electron chi connectivity index (χ3n) is 10.7. The van der Waals surface area contributed by atoms with Crippen LogP contribution in [0.25, 0.3) is 0 Å². The Morgan fingerprint density at radius 3 is 2.28 bits per heavy atom. The number of nitrogens with zero attached hydrogens (tertiary/aromatic N) is 5. The predicted octanol–water partition coefficient (Wildman–Crippen LogP) is 3.00. The number of hydrogen-bond acceptors (Lipinski definition) is 10. The highest BCUT2D eigenvalue weighted by Crippen LogP contribution is 2.31. The van der Waals surface area contributed by atoms with Crippen molar-refractivity contribution in [3.63, 3.8) is 0 Å². The van der Waals surface area contributed by atoms with Gasteiger partial charge in [-0.25, -0.2) is 4.98 Å². The third kappa shape index (κ3) is 10.7. The van der Waals surface area contributed by atoms with Gasteiger partial charge in [-0.2, -0.15) is 0 Å². The lowest BCUT2D eigenvalue weighted by Crippen LogP contribution is -2.65. The van der Waals surface area contributed by atoms with Gasteiger partial charge in [0.2, 0.25) is 23.5 Å². The zero-order chi connectivity index (χ0) is 38.1. The van der Waals surface area contributed by atoms with E-state index in [0.717, 1.165) is 61.5 Å². The Morgan fingerprint density at radius 1 is 0.925 bits per heavy atom. The van der Waals surface area contributed by atoms with E-state index in [1.54, 1.807) is 11.1 Å². The van der Waals surface area contributed by atoms with Crippen molar-refractivity contribution < 1.29 is 28.8 Å². The van der Waals surface area contributed by atoms with Crippen LogP contribution in [-0.4, -0.2) is 104 Å². The van der Waals surface area contributed by atoms with Crippen LogP contribution in [0, 0.1) is 17.3 Å². The number of halogens is 1. The lowest BCUT2D eigenvalue weighted by atomic mass is 9.80. The Labute approximate surface area is 319 Å². The summed E-state index contributed by atoms with van der Waals surface area (Å²) in [5.74, 6) is -2.33. The fourth-order valence-electron chi connectivity index (χ4n) is 7.38. The molecule has 2 aromatic rings. The summed E-state index contributed by atoms with van der Waals surface area (Å²) < 4.78 is 0.812. The molecule has 3 heterocycles. The molecule has 1 aliphatic heterocycles. The van der Waals surface area contributed by atoms with Crippen molar-refractivity contribution in [3.8, 4) is 0 Å². The van der Waals surface area contributed by atoms with E-state index in [0.29, 0.717) is 19.5 Å². The van der Waals surface area contributed by atoms with Crippen LogP contribution in [0.4, 0.5) is 0 Å². The topological polar surface area (TPSA) is 184 Å². The number of rotatable bonds is 14. The smallest absolute Gasteiger partial charge is 0.272 e. The summed E-state index contributed by atoms with van der Waals surface area (Å²) in [7, 11) is 0. The fourth-order valence-corrected chi connectivity index (χ4v) is 7.62. The van der Waals surface area contributed by atoms with E-state index in [2.05, 4.69) is 46.8 Å². The molecule has 0 spiro atoms. The number of Topliss-reactive ketones (excluding diaryl/α,β-unsaturated/α-hetero) is 1. The molecule has 53 heavy (non-hydrogen) atoms. The predicted molar refractivity (Wildman–Crippen MR) is 199 cm³/mol. The summed E-state index contributed by atoms with van der Waals surface area (Å²) in [6.07, 6.45) is 13.9. The Kier molecular flexibility index (Phi) is 13.8. The molecule has 286 valence electrons. The average molecular weight is 796 g/mol. The van der Waals surface area contributed by atoms with Gasteiger partial charge >= 0.3 is 0 Å². The molecule has 1 unspecified atom stereocenters. The number of pyridine rings is 1. The Morgan fingerprint density at radius 2 is 1.68 bits per heavy atom. The van der Waals surface area contributed by atoms with E-state index in [1.807, 2.05) is 37.8 Å². The number of nitrogens with one attached hydrogen (secondary N) is 3. The van der Waals surface area contributed by atoms with Crippen LogP contribution in [-0.2, 0) is 30.5 Å². The monoisotopic (exact) mass is 794 g/mol. The Balaban J connectivity index is 1.36. The molecule has 4 amide bonds. The van der Waals surface area contributed by atoms with Crippen molar-refractivity contribution in [2.24, 2.45) is 17.3 Å². The highest BCUT2D eigenvalue weighted by molar-refractivity contribution is 9.10. The normalized spacial score (nSPS) is 20.3. The Hall–Kier alpha value is -4.11. The second-order valence-electron chi connectivity index (χ2n) is 15.6. The quantitative estimate of drug-likeness (QED) is 0.190. The maximum Gasteiger partial charge on any atom is 0.272 e. The number of aldehydes is 1. The molecule has 5 rings (SSSR count). The lowest BCUT2D eigenvalue weighted by molar-refractivity contribution is -0.145. The molecule has 2 aliphatic carbocycles. The SMILES string of the molecule is CC(C)(C)[C@H](NC(=O)[C@@H](NC(=O)c1cnccn1)C1CCCCC1)C(=O)N1CCN(Cc2ccc(Br)cn2)[C@@H](C(=O)NC(CC2CCC2)C(=O)C=O)C1.